The molecule has 22 heavy (non-hydrogen) atoms. The van der Waals surface area contributed by atoms with Gasteiger partial charge in [0.15, 0.2) is 0 Å². The van der Waals surface area contributed by atoms with Crippen LogP contribution >= 0.6 is 11.6 Å². The van der Waals surface area contributed by atoms with Gasteiger partial charge in [-0.05, 0) is 12.1 Å². The van der Waals surface area contributed by atoms with Gasteiger partial charge in [-0.2, -0.15) is 5.10 Å². The third-order valence-corrected chi connectivity index (χ3v) is 3.21. The van der Waals surface area contributed by atoms with Crippen molar-refractivity contribution >= 4 is 23.2 Å². The first-order valence-electron chi connectivity index (χ1n) is 6.23. The standard InChI is InChI=1S/C14H14ClN3O4/c1-18-13(19)5-4-9(17-18)14(20)16-10-6-8(15)11(21-2)7-12(10)22-3/h4-7H,1-3H3,(H,16,20). The van der Waals surface area contributed by atoms with Crippen LogP contribution in [0.1, 0.15) is 10.5 Å². The molecule has 116 valence electrons. The van der Waals surface area contributed by atoms with Crippen LogP contribution < -0.4 is 20.3 Å². The molecule has 0 saturated carbocycles. The van der Waals surface area contributed by atoms with Gasteiger partial charge in [0.05, 0.1) is 24.9 Å². The maximum atomic E-state index is 12.2. The van der Waals surface area contributed by atoms with E-state index in [1.807, 2.05) is 0 Å². The van der Waals surface area contributed by atoms with E-state index >= 15 is 0 Å². The van der Waals surface area contributed by atoms with Gasteiger partial charge < -0.3 is 14.8 Å². The molecule has 0 bridgehead atoms. The molecule has 1 amide bonds. The summed E-state index contributed by atoms with van der Waals surface area (Å²) in [6.45, 7) is 0. The molecule has 0 spiro atoms. The van der Waals surface area contributed by atoms with Crippen molar-refractivity contribution in [2.24, 2.45) is 7.05 Å². The zero-order valence-electron chi connectivity index (χ0n) is 12.2. The molecule has 8 heteroatoms. The Morgan fingerprint density at radius 3 is 2.50 bits per heavy atom. The minimum Gasteiger partial charge on any atom is -0.495 e. The van der Waals surface area contributed by atoms with Crippen LogP contribution in [-0.4, -0.2) is 29.9 Å². The molecule has 0 saturated heterocycles. The van der Waals surface area contributed by atoms with Crippen LogP contribution in [0.15, 0.2) is 29.1 Å². The number of amides is 1. The topological polar surface area (TPSA) is 82.5 Å². The van der Waals surface area contributed by atoms with E-state index in [1.54, 1.807) is 6.07 Å². The molecule has 7 nitrogen and oxygen atoms in total. The fourth-order valence-electron chi connectivity index (χ4n) is 1.77. The number of nitrogens with one attached hydrogen (secondary N) is 1. The second-order valence-corrected chi connectivity index (χ2v) is 4.73. The molecule has 0 aliphatic rings. The summed E-state index contributed by atoms with van der Waals surface area (Å²) >= 11 is 6.04. The highest BCUT2D eigenvalue weighted by atomic mass is 35.5. The van der Waals surface area contributed by atoms with Crippen molar-refractivity contribution in [3.8, 4) is 11.5 Å². The zero-order chi connectivity index (χ0) is 16.3. The quantitative estimate of drug-likeness (QED) is 0.926. The number of carbonyl (C=O) groups is 1. The molecule has 0 unspecified atom stereocenters. The number of carbonyl (C=O) groups excluding carboxylic acids is 1. The summed E-state index contributed by atoms with van der Waals surface area (Å²) in [5.74, 6) is 0.325. The van der Waals surface area contributed by atoms with Crippen molar-refractivity contribution in [3.63, 3.8) is 0 Å². The van der Waals surface area contributed by atoms with E-state index in [1.165, 1.54) is 39.5 Å². The molecule has 1 N–H and O–H groups in total. The maximum Gasteiger partial charge on any atom is 0.276 e. The van der Waals surface area contributed by atoms with Crippen LogP contribution in [0.5, 0.6) is 11.5 Å². The summed E-state index contributed by atoms with van der Waals surface area (Å²) in [5.41, 5.74) is 0.159. The lowest BCUT2D eigenvalue weighted by atomic mass is 10.2. The third kappa shape index (κ3) is 3.20. The first-order chi connectivity index (χ1) is 10.5. The summed E-state index contributed by atoms with van der Waals surface area (Å²) in [6, 6.07) is 5.68. The fourth-order valence-corrected chi connectivity index (χ4v) is 2.01. The number of aryl methyl sites for hydroxylation is 1. The summed E-state index contributed by atoms with van der Waals surface area (Å²) in [4.78, 5) is 23.5. The summed E-state index contributed by atoms with van der Waals surface area (Å²) in [5, 5.41) is 6.83. The number of ether oxygens (including phenoxy) is 2. The monoisotopic (exact) mass is 323 g/mol. The molecule has 0 fully saturated rings. The van der Waals surface area contributed by atoms with Gasteiger partial charge in [-0.1, -0.05) is 11.6 Å². The molecule has 2 aromatic rings. The van der Waals surface area contributed by atoms with E-state index in [0.717, 1.165) is 4.68 Å². The Kier molecular flexibility index (Phi) is 4.67. The van der Waals surface area contributed by atoms with E-state index in [0.29, 0.717) is 22.2 Å². The number of nitrogens with zero attached hydrogens (tertiary/aromatic N) is 2. The highest BCUT2D eigenvalue weighted by molar-refractivity contribution is 6.32. The van der Waals surface area contributed by atoms with Crippen LogP contribution in [0.25, 0.3) is 0 Å². The minimum atomic E-state index is -0.491. The van der Waals surface area contributed by atoms with Gasteiger partial charge in [-0.25, -0.2) is 4.68 Å². The molecule has 0 atom stereocenters. The molecule has 0 radical (unpaired) electrons. The van der Waals surface area contributed by atoms with Gasteiger partial charge in [-0.15, -0.1) is 0 Å². The Bertz CT molecular complexity index is 773. The van der Waals surface area contributed by atoms with Crippen LogP contribution in [-0.2, 0) is 7.05 Å². The first-order valence-corrected chi connectivity index (χ1v) is 6.61. The Morgan fingerprint density at radius 2 is 1.91 bits per heavy atom. The van der Waals surface area contributed by atoms with Gasteiger partial charge in [0.2, 0.25) is 0 Å². The van der Waals surface area contributed by atoms with Crippen molar-refractivity contribution in [2.45, 2.75) is 0 Å². The number of aromatic nitrogens is 2. The van der Waals surface area contributed by atoms with Crippen molar-refractivity contribution in [1.82, 2.24) is 9.78 Å². The van der Waals surface area contributed by atoms with Crippen LogP contribution in [0.3, 0.4) is 0 Å². The average molecular weight is 324 g/mol. The smallest absolute Gasteiger partial charge is 0.276 e. The third-order valence-electron chi connectivity index (χ3n) is 2.92. The lowest BCUT2D eigenvalue weighted by Gasteiger charge is -2.13. The number of hydrogen-bond acceptors (Lipinski definition) is 5. The highest BCUT2D eigenvalue weighted by Crippen LogP contribution is 2.35. The Labute approximate surface area is 131 Å². The van der Waals surface area contributed by atoms with Crippen molar-refractivity contribution in [2.75, 3.05) is 19.5 Å². The van der Waals surface area contributed by atoms with Crippen molar-refractivity contribution in [3.05, 3.63) is 45.3 Å². The van der Waals surface area contributed by atoms with Gasteiger partial charge >= 0.3 is 0 Å². The second-order valence-electron chi connectivity index (χ2n) is 4.32. The van der Waals surface area contributed by atoms with Crippen LogP contribution in [0.2, 0.25) is 5.02 Å². The zero-order valence-corrected chi connectivity index (χ0v) is 13.0. The number of anilines is 1. The van der Waals surface area contributed by atoms with Crippen LogP contribution in [0.4, 0.5) is 5.69 Å². The van der Waals surface area contributed by atoms with Crippen LogP contribution in [0, 0.1) is 0 Å². The van der Waals surface area contributed by atoms with Gasteiger partial charge in [0.25, 0.3) is 11.5 Å². The summed E-state index contributed by atoms with van der Waals surface area (Å²) in [7, 11) is 4.40. The molecule has 2 rings (SSSR count). The summed E-state index contributed by atoms with van der Waals surface area (Å²) in [6.07, 6.45) is 0. The largest absolute Gasteiger partial charge is 0.495 e. The van der Waals surface area contributed by atoms with Gasteiger partial charge in [0.1, 0.15) is 17.2 Å². The fraction of sp³-hybridized carbons (Fsp3) is 0.214. The van der Waals surface area contributed by atoms with E-state index in [9.17, 15) is 9.59 Å². The van der Waals surface area contributed by atoms with Crippen molar-refractivity contribution in [1.29, 1.82) is 0 Å². The molecular formula is C14H14ClN3O4. The lowest BCUT2D eigenvalue weighted by molar-refractivity contribution is 0.101. The molecule has 1 heterocycles. The molecule has 0 aliphatic carbocycles. The minimum absolute atomic E-state index is 0.0936. The molecule has 1 aromatic carbocycles. The van der Waals surface area contributed by atoms with Gasteiger partial charge in [0, 0.05) is 19.2 Å². The Balaban J connectivity index is 2.33. The second kappa shape index (κ2) is 6.48. The predicted octanol–water partition coefficient (Wildman–Crippen LogP) is 1.70. The van der Waals surface area contributed by atoms with E-state index < -0.39 is 5.91 Å². The Hall–Kier alpha value is -2.54. The van der Waals surface area contributed by atoms with Gasteiger partial charge in [-0.3, -0.25) is 9.59 Å². The Morgan fingerprint density at radius 1 is 1.23 bits per heavy atom. The average Bonchev–Trinajstić information content (AvgIpc) is 2.50. The normalized spacial score (nSPS) is 10.2. The number of hydrogen-bond donors (Lipinski definition) is 1. The first kappa shape index (κ1) is 15.8. The highest BCUT2D eigenvalue weighted by Gasteiger charge is 2.15. The number of rotatable bonds is 4. The SMILES string of the molecule is COc1cc(OC)c(NC(=O)c2ccc(=O)n(C)n2)cc1Cl. The van der Waals surface area contributed by atoms with E-state index in [2.05, 4.69) is 10.4 Å². The summed E-state index contributed by atoms with van der Waals surface area (Å²) < 4.78 is 11.4. The number of methoxy groups -OCH3 is 2. The molecular weight excluding hydrogens is 310 g/mol. The van der Waals surface area contributed by atoms with E-state index in [4.69, 9.17) is 21.1 Å². The van der Waals surface area contributed by atoms with E-state index in [-0.39, 0.29) is 11.3 Å². The van der Waals surface area contributed by atoms with Crippen molar-refractivity contribution < 1.29 is 14.3 Å². The lowest BCUT2D eigenvalue weighted by Crippen LogP contribution is -2.23. The number of halogens is 1. The molecule has 1 aromatic heterocycles. The molecule has 0 aliphatic heterocycles. The predicted molar refractivity (Wildman–Crippen MR) is 82.0 cm³/mol. The number of benzene rings is 1. The maximum absolute atomic E-state index is 12.2.